The quantitative estimate of drug-likeness (QED) is 0.873. The van der Waals surface area contributed by atoms with Gasteiger partial charge in [0.1, 0.15) is 10.3 Å². The molecule has 104 valence electrons. The lowest BCUT2D eigenvalue weighted by Crippen LogP contribution is -2.40. The normalized spacial score (nSPS) is 19.5. The molecule has 1 aromatic rings. The van der Waals surface area contributed by atoms with Gasteiger partial charge in [-0.05, 0) is 37.3 Å². The van der Waals surface area contributed by atoms with Gasteiger partial charge in [-0.1, -0.05) is 23.2 Å². The van der Waals surface area contributed by atoms with Crippen molar-refractivity contribution in [3.63, 3.8) is 0 Å². The molecule has 0 aliphatic carbocycles. The van der Waals surface area contributed by atoms with E-state index in [9.17, 15) is 4.79 Å². The van der Waals surface area contributed by atoms with Crippen molar-refractivity contribution in [1.82, 2.24) is 9.88 Å². The van der Waals surface area contributed by atoms with Crippen LogP contribution in [-0.2, 0) is 0 Å². The summed E-state index contributed by atoms with van der Waals surface area (Å²) >= 11 is 11.7. The van der Waals surface area contributed by atoms with Crippen LogP contribution < -0.4 is 0 Å². The Kier molecular flexibility index (Phi) is 5.02. The number of hydrogen-bond acceptors (Lipinski definition) is 3. The molecule has 0 bridgehead atoms. The molecule has 1 saturated heterocycles. The first-order chi connectivity index (χ1) is 9.11. The Bertz CT molecular complexity index is 466. The number of carbonyl (C=O) groups is 1. The molecule has 1 aromatic heterocycles. The number of carbonyl (C=O) groups excluding carboxylic acids is 1. The van der Waals surface area contributed by atoms with Crippen LogP contribution in [-0.4, -0.2) is 40.6 Å². The summed E-state index contributed by atoms with van der Waals surface area (Å²) in [5.74, 6) is 0.249. The highest BCUT2D eigenvalue weighted by Gasteiger charge is 2.25. The third kappa shape index (κ3) is 3.59. The van der Waals surface area contributed by atoms with Crippen molar-refractivity contribution in [2.24, 2.45) is 5.92 Å². The van der Waals surface area contributed by atoms with E-state index in [1.54, 1.807) is 17.0 Å². The van der Waals surface area contributed by atoms with Crippen molar-refractivity contribution in [1.29, 1.82) is 0 Å². The minimum absolute atomic E-state index is 0.114. The smallest absolute Gasteiger partial charge is 0.256 e. The molecule has 1 unspecified atom stereocenters. The summed E-state index contributed by atoms with van der Waals surface area (Å²) in [5.41, 5.74) is 0.385. The highest BCUT2D eigenvalue weighted by atomic mass is 35.5. The lowest BCUT2D eigenvalue weighted by Gasteiger charge is -2.32. The lowest BCUT2D eigenvalue weighted by molar-refractivity contribution is 0.0653. The first-order valence-corrected chi connectivity index (χ1v) is 7.09. The Morgan fingerprint density at radius 3 is 2.95 bits per heavy atom. The molecule has 1 aliphatic heterocycles. The number of aliphatic hydroxyl groups is 1. The van der Waals surface area contributed by atoms with Gasteiger partial charge in [0.2, 0.25) is 0 Å². The van der Waals surface area contributed by atoms with E-state index < -0.39 is 0 Å². The Balaban J connectivity index is 2.10. The number of aliphatic hydroxyl groups excluding tert-OH is 1. The fourth-order valence-corrected chi connectivity index (χ4v) is 2.84. The summed E-state index contributed by atoms with van der Waals surface area (Å²) in [7, 11) is 0. The molecule has 0 spiro atoms. The Morgan fingerprint density at radius 2 is 2.26 bits per heavy atom. The molecule has 0 aromatic carbocycles. The molecule has 1 fully saturated rings. The van der Waals surface area contributed by atoms with E-state index in [1.807, 2.05) is 0 Å². The predicted molar refractivity (Wildman–Crippen MR) is 74.6 cm³/mol. The zero-order valence-corrected chi connectivity index (χ0v) is 12.0. The number of hydrogen-bond donors (Lipinski definition) is 1. The Hall–Kier alpha value is -0.840. The molecule has 0 radical (unpaired) electrons. The summed E-state index contributed by atoms with van der Waals surface area (Å²) < 4.78 is 0. The number of nitrogens with zero attached hydrogens (tertiary/aromatic N) is 2. The second-order valence-corrected chi connectivity index (χ2v) is 5.49. The predicted octanol–water partition coefficient (Wildman–Crippen LogP) is 2.62. The molecule has 1 N–H and O–H groups in total. The maximum absolute atomic E-state index is 12.4. The van der Waals surface area contributed by atoms with Gasteiger partial charge in [0.25, 0.3) is 5.91 Å². The number of amides is 1. The van der Waals surface area contributed by atoms with Crippen molar-refractivity contribution < 1.29 is 9.90 Å². The van der Waals surface area contributed by atoms with E-state index in [1.165, 1.54) is 0 Å². The molecule has 2 heterocycles. The molecule has 1 aliphatic rings. The maximum atomic E-state index is 12.4. The van der Waals surface area contributed by atoms with Crippen LogP contribution in [0.5, 0.6) is 0 Å². The van der Waals surface area contributed by atoms with Crippen molar-refractivity contribution in [3.05, 3.63) is 28.0 Å². The van der Waals surface area contributed by atoms with E-state index in [2.05, 4.69) is 4.98 Å². The molecule has 4 nitrogen and oxygen atoms in total. The van der Waals surface area contributed by atoms with Crippen LogP contribution in [0.2, 0.25) is 10.3 Å². The fraction of sp³-hybridized carbons (Fsp3) is 0.538. The molecular weight excluding hydrogens is 287 g/mol. The van der Waals surface area contributed by atoms with E-state index in [0.717, 1.165) is 25.8 Å². The summed E-state index contributed by atoms with van der Waals surface area (Å²) in [5, 5.41) is 9.40. The van der Waals surface area contributed by atoms with Crippen molar-refractivity contribution in [3.8, 4) is 0 Å². The highest BCUT2D eigenvalue weighted by Crippen LogP contribution is 2.23. The van der Waals surface area contributed by atoms with Crippen LogP contribution in [0, 0.1) is 5.92 Å². The Morgan fingerprint density at radius 1 is 1.47 bits per heavy atom. The van der Waals surface area contributed by atoms with Gasteiger partial charge in [-0.25, -0.2) is 4.98 Å². The number of likely N-dealkylation sites (tertiary alicyclic amines) is 1. The second-order valence-electron chi connectivity index (χ2n) is 4.74. The van der Waals surface area contributed by atoms with Gasteiger partial charge < -0.3 is 10.0 Å². The molecule has 0 saturated carbocycles. The zero-order chi connectivity index (χ0) is 13.8. The van der Waals surface area contributed by atoms with Crippen LogP contribution in [0.4, 0.5) is 0 Å². The van der Waals surface area contributed by atoms with Crippen LogP contribution in [0.25, 0.3) is 0 Å². The summed E-state index contributed by atoms with van der Waals surface area (Å²) in [6, 6.07) is 3.17. The first kappa shape index (κ1) is 14.6. The second kappa shape index (κ2) is 6.55. The average molecular weight is 303 g/mol. The zero-order valence-electron chi connectivity index (χ0n) is 10.5. The lowest BCUT2D eigenvalue weighted by atomic mass is 9.95. The van der Waals surface area contributed by atoms with E-state index >= 15 is 0 Å². The third-order valence-electron chi connectivity index (χ3n) is 3.39. The summed E-state index contributed by atoms with van der Waals surface area (Å²) in [6.07, 6.45) is 2.74. The minimum Gasteiger partial charge on any atom is -0.396 e. The first-order valence-electron chi connectivity index (χ1n) is 6.34. The topological polar surface area (TPSA) is 53.4 Å². The minimum atomic E-state index is -0.114. The monoisotopic (exact) mass is 302 g/mol. The van der Waals surface area contributed by atoms with E-state index in [-0.39, 0.29) is 22.8 Å². The molecule has 2 rings (SSSR count). The number of pyridine rings is 1. The number of halogens is 2. The third-order valence-corrected chi connectivity index (χ3v) is 3.89. The number of aromatic nitrogens is 1. The summed E-state index contributed by atoms with van der Waals surface area (Å²) in [6.45, 7) is 1.55. The largest absolute Gasteiger partial charge is 0.396 e. The standard InChI is InChI=1S/C13H16Cl2N2O2/c14-11-4-3-10(12(15)16-11)13(19)17-6-1-2-9(8-17)5-7-18/h3-4,9,18H,1-2,5-8H2. The van der Waals surface area contributed by atoms with Gasteiger partial charge in [0, 0.05) is 19.7 Å². The van der Waals surface area contributed by atoms with Crippen LogP contribution in [0.1, 0.15) is 29.6 Å². The van der Waals surface area contributed by atoms with Crippen LogP contribution in [0.15, 0.2) is 12.1 Å². The summed E-state index contributed by atoms with van der Waals surface area (Å²) in [4.78, 5) is 18.0. The van der Waals surface area contributed by atoms with Gasteiger partial charge in [-0.3, -0.25) is 4.79 Å². The Labute approximate surface area is 122 Å². The average Bonchev–Trinajstić information content (AvgIpc) is 2.39. The van der Waals surface area contributed by atoms with Crippen molar-refractivity contribution in [2.45, 2.75) is 19.3 Å². The van der Waals surface area contributed by atoms with Crippen molar-refractivity contribution in [2.75, 3.05) is 19.7 Å². The molecule has 1 atom stereocenters. The fourth-order valence-electron chi connectivity index (χ4n) is 2.41. The SMILES string of the molecule is O=C(c1ccc(Cl)nc1Cl)N1CCCC(CCO)C1. The molecule has 19 heavy (non-hydrogen) atoms. The number of rotatable bonds is 3. The van der Waals surface area contributed by atoms with Crippen LogP contribution >= 0.6 is 23.2 Å². The van der Waals surface area contributed by atoms with Gasteiger partial charge in [-0.2, -0.15) is 0 Å². The molecule has 6 heteroatoms. The molecule has 1 amide bonds. The maximum Gasteiger partial charge on any atom is 0.256 e. The highest BCUT2D eigenvalue weighted by molar-refractivity contribution is 6.34. The van der Waals surface area contributed by atoms with Gasteiger partial charge in [-0.15, -0.1) is 0 Å². The molecular formula is C13H16Cl2N2O2. The van der Waals surface area contributed by atoms with Gasteiger partial charge in [0.15, 0.2) is 0 Å². The van der Waals surface area contributed by atoms with Crippen molar-refractivity contribution >= 4 is 29.1 Å². The number of piperidine rings is 1. The van der Waals surface area contributed by atoms with Gasteiger partial charge in [0.05, 0.1) is 5.56 Å². The van der Waals surface area contributed by atoms with Crippen LogP contribution in [0.3, 0.4) is 0 Å². The van der Waals surface area contributed by atoms with E-state index in [4.69, 9.17) is 28.3 Å². The van der Waals surface area contributed by atoms with E-state index in [0.29, 0.717) is 18.0 Å². The van der Waals surface area contributed by atoms with Gasteiger partial charge >= 0.3 is 0 Å².